The van der Waals surface area contributed by atoms with Crippen LogP contribution in [0.4, 0.5) is 0 Å². The number of aromatic nitrogens is 2. The summed E-state index contributed by atoms with van der Waals surface area (Å²) >= 11 is 0. The summed E-state index contributed by atoms with van der Waals surface area (Å²) in [6, 6.07) is 41.5. The molecular formula is C31H22N2. The molecule has 0 aliphatic carbocycles. The van der Waals surface area contributed by atoms with Crippen LogP contribution in [0.1, 0.15) is 0 Å². The quantitative estimate of drug-likeness (QED) is 0.266. The maximum Gasteiger partial charge on any atom is 0.0641 e. The normalized spacial score (nSPS) is 11.8. The zero-order chi connectivity index (χ0) is 21.9. The van der Waals surface area contributed by atoms with Gasteiger partial charge in [-0.05, 0) is 41.5 Å². The molecule has 2 heteroatoms. The Balaban J connectivity index is 1.78. The average Bonchev–Trinajstić information content (AvgIpc) is 3.38. The highest BCUT2D eigenvalue weighted by molar-refractivity contribution is 6.27. The second-order valence-electron chi connectivity index (χ2n) is 8.67. The van der Waals surface area contributed by atoms with Gasteiger partial charge in [0.05, 0.1) is 16.6 Å². The Morgan fingerprint density at radius 2 is 1.18 bits per heavy atom. The molecule has 0 amide bonds. The van der Waals surface area contributed by atoms with E-state index in [1.165, 1.54) is 60.4 Å². The number of rotatable bonds is 2. The first-order valence-corrected chi connectivity index (χ1v) is 11.4. The molecule has 0 bridgehead atoms. The van der Waals surface area contributed by atoms with Crippen LogP contribution in [0.5, 0.6) is 0 Å². The summed E-state index contributed by atoms with van der Waals surface area (Å²) in [7, 11) is 2.17. The van der Waals surface area contributed by atoms with E-state index in [9.17, 15) is 0 Å². The van der Waals surface area contributed by atoms with Crippen LogP contribution in [-0.4, -0.2) is 9.13 Å². The lowest BCUT2D eigenvalue weighted by Gasteiger charge is -2.09. The summed E-state index contributed by atoms with van der Waals surface area (Å²) in [6.45, 7) is 0. The lowest BCUT2D eigenvalue weighted by atomic mass is 9.99. The number of benzene rings is 5. The molecule has 156 valence electrons. The summed E-state index contributed by atoms with van der Waals surface area (Å²) in [5.74, 6) is 0. The van der Waals surface area contributed by atoms with Crippen LogP contribution in [0.25, 0.3) is 60.4 Å². The maximum atomic E-state index is 2.45. The van der Waals surface area contributed by atoms with Gasteiger partial charge in [0.1, 0.15) is 0 Å². The molecule has 0 spiro atoms. The number of hydrogen-bond acceptors (Lipinski definition) is 0. The van der Waals surface area contributed by atoms with E-state index in [1.807, 2.05) is 0 Å². The first-order chi connectivity index (χ1) is 16.3. The van der Waals surface area contributed by atoms with Crippen LogP contribution < -0.4 is 0 Å². The van der Waals surface area contributed by atoms with Gasteiger partial charge in [-0.3, -0.25) is 0 Å². The van der Waals surface area contributed by atoms with Gasteiger partial charge in [0.25, 0.3) is 0 Å². The molecule has 0 atom stereocenters. The molecule has 2 heterocycles. The van der Waals surface area contributed by atoms with Gasteiger partial charge >= 0.3 is 0 Å². The number of fused-ring (bicyclic) bond motifs is 7. The summed E-state index contributed by atoms with van der Waals surface area (Å²) in [4.78, 5) is 0. The van der Waals surface area contributed by atoms with E-state index in [1.54, 1.807) is 0 Å². The van der Waals surface area contributed by atoms with Crippen LogP contribution >= 0.6 is 0 Å². The molecule has 5 aromatic carbocycles. The molecule has 2 nitrogen and oxygen atoms in total. The van der Waals surface area contributed by atoms with Crippen molar-refractivity contribution in [3.05, 3.63) is 115 Å². The topological polar surface area (TPSA) is 9.86 Å². The van der Waals surface area contributed by atoms with E-state index in [2.05, 4.69) is 131 Å². The third kappa shape index (κ3) is 2.49. The Hall–Kier alpha value is -4.30. The van der Waals surface area contributed by atoms with Gasteiger partial charge in [-0.2, -0.15) is 0 Å². The molecule has 0 unspecified atom stereocenters. The molecule has 33 heavy (non-hydrogen) atoms. The molecule has 0 aliphatic rings. The van der Waals surface area contributed by atoms with E-state index >= 15 is 0 Å². The van der Waals surface area contributed by atoms with Gasteiger partial charge in [0, 0.05) is 39.8 Å². The van der Waals surface area contributed by atoms with Crippen molar-refractivity contribution in [1.82, 2.24) is 9.13 Å². The zero-order valence-corrected chi connectivity index (χ0v) is 18.4. The highest BCUT2D eigenvalue weighted by atomic mass is 15.0. The summed E-state index contributed by atoms with van der Waals surface area (Å²) in [5.41, 5.74) is 8.72. The van der Waals surface area contributed by atoms with Crippen molar-refractivity contribution in [3.63, 3.8) is 0 Å². The van der Waals surface area contributed by atoms with Crippen molar-refractivity contribution in [1.29, 1.82) is 0 Å². The van der Waals surface area contributed by atoms with Gasteiger partial charge < -0.3 is 9.13 Å². The third-order valence-corrected chi connectivity index (χ3v) is 6.93. The van der Waals surface area contributed by atoms with Crippen LogP contribution in [0.15, 0.2) is 115 Å². The highest BCUT2D eigenvalue weighted by Gasteiger charge is 2.20. The van der Waals surface area contributed by atoms with Gasteiger partial charge in [0.15, 0.2) is 0 Å². The Bertz CT molecular complexity index is 1800. The molecule has 0 radical (unpaired) electrons. The van der Waals surface area contributed by atoms with Crippen LogP contribution in [0.3, 0.4) is 0 Å². The van der Waals surface area contributed by atoms with E-state index in [0.29, 0.717) is 0 Å². The SMILES string of the molecule is Cn1c2ccccc2c2c1ccc1c3c(-c4ccccc4)cccc3n(-c3ccccc3)c12. The lowest BCUT2D eigenvalue weighted by molar-refractivity contribution is 1.01. The molecule has 7 aromatic rings. The fourth-order valence-corrected chi connectivity index (χ4v) is 5.50. The van der Waals surface area contributed by atoms with E-state index in [-0.39, 0.29) is 0 Å². The summed E-state index contributed by atoms with van der Waals surface area (Å²) < 4.78 is 4.76. The molecule has 0 aliphatic heterocycles. The predicted molar refractivity (Wildman–Crippen MR) is 140 cm³/mol. The van der Waals surface area contributed by atoms with Crippen molar-refractivity contribution in [2.75, 3.05) is 0 Å². The monoisotopic (exact) mass is 422 g/mol. The zero-order valence-electron chi connectivity index (χ0n) is 18.4. The van der Waals surface area contributed by atoms with Gasteiger partial charge in [-0.15, -0.1) is 0 Å². The molecule has 0 saturated heterocycles. The fourth-order valence-electron chi connectivity index (χ4n) is 5.50. The van der Waals surface area contributed by atoms with Crippen molar-refractivity contribution in [3.8, 4) is 16.8 Å². The minimum Gasteiger partial charge on any atom is -0.344 e. The van der Waals surface area contributed by atoms with Gasteiger partial charge in [0.2, 0.25) is 0 Å². The smallest absolute Gasteiger partial charge is 0.0641 e. The Morgan fingerprint density at radius 1 is 0.485 bits per heavy atom. The van der Waals surface area contributed by atoms with Crippen LogP contribution in [-0.2, 0) is 7.05 Å². The van der Waals surface area contributed by atoms with Gasteiger partial charge in [-0.1, -0.05) is 84.9 Å². The van der Waals surface area contributed by atoms with Gasteiger partial charge in [-0.25, -0.2) is 0 Å². The first kappa shape index (κ1) is 18.3. The number of hydrogen-bond donors (Lipinski definition) is 0. The predicted octanol–water partition coefficient (Wildman–Crippen LogP) is 8.10. The summed E-state index contributed by atoms with van der Waals surface area (Å²) in [6.07, 6.45) is 0. The largest absolute Gasteiger partial charge is 0.344 e. The van der Waals surface area contributed by atoms with Crippen LogP contribution in [0.2, 0.25) is 0 Å². The highest BCUT2D eigenvalue weighted by Crippen LogP contribution is 2.43. The Morgan fingerprint density at radius 3 is 2.00 bits per heavy atom. The molecule has 7 rings (SSSR count). The number of aryl methyl sites for hydroxylation is 1. The Labute approximate surface area is 191 Å². The minimum atomic E-state index is 1.18. The summed E-state index contributed by atoms with van der Waals surface area (Å²) in [5, 5.41) is 5.20. The van der Waals surface area contributed by atoms with E-state index < -0.39 is 0 Å². The van der Waals surface area contributed by atoms with Crippen molar-refractivity contribution in [2.24, 2.45) is 7.05 Å². The molecule has 0 saturated carbocycles. The minimum absolute atomic E-state index is 1.18. The molecular weight excluding hydrogens is 400 g/mol. The van der Waals surface area contributed by atoms with E-state index in [4.69, 9.17) is 0 Å². The Kier molecular flexibility index (Phi) is 3.80. The number of nitrogens with zero attached hydrogens (tertiary/aromatic N) is 2. The second-order valence-corrected chi connectivity index (χ2v) is 8.67. The van der Waals surface area contributed by atoms with Crippen molar-refractivity contribution >= 4 is 43.6 Å². The van der Waals surface area contributed by atoms with Crippen molar-refractivity contribution in [2.45, 2.75) is 0 Å². The lowest BCUT2D eigenvalue weighted by Crippen LogP contribution is -1.94. The molecule has 2 aromatic heterocycles. The first-order valence-electron chi connectivity index (χ1n) is 11.4. The maximum absolute atomic E-state index is 2.45. The number of para-hydroxylation sites is 2. The van der Waals surface area contributed by atoms with Crippen LogP contribution in [0, 0.1) is 0 Å². The van der Waals surface area contributed by atoms with Crippen molar-refractivity contribution < 1.29 is 0 Å². The fraction of sp³-hybridized carbons (Fsp3) is 0.0323. The molecule has 0 N–H and O–H groups in total. The second kappa shape index (κ2) is 6.85. The average molecular weight is 423 g/mol. The third-order valence-electron chi connectivity index (χ3n) is 6.93. The van der Waals surface area contributed by atoms with E-state index in [0.717, 1.165) is 0 Å². The standard InChI is InChI=1S/C31H22N2/c1-32-26-17-9-8-15-24(26)30-27(32)20-19-25-29-23(21-11-4-2-5-12-21)16-10-18-28(29)33(31(25)30)22-13-6-3-7-14-22/h2-20H,1H3. The molecule has 0 fully saturated rings.